The summed E-state index contributed by atoms with van der Waals surface area (Å²) in [6.45, 7) is 8.36. The summed E-state index contributed by atoms with van der Waals surface area (Å²) in [6, 6.07) is 43.4. The summed E-state index contributed by atoms with van der Waals surface area (Å²) in [6.07, 6.45) is 0. The van der Waals surface area contributed by atoms with E-state index in [0.29, 0.717) is 0 Å². The molecule has 0 N–H and O–H groups in total. The van der Waals surface area contributed by atoms with Crippen LogP contribution in [0.4, 0.5) is 17.1 Å². The molecule has 1 aliphatic heterocycles. The van der Waals surface area contributed by atoms with Gasteiger partial charge in [-0.1, -0.05) is 72.8 Å². The van der Waals surface area contributed by atoms with Crippen molar-refractivity contribution in [3.05, 3.63) is 121 Å². The molecule has 202 valence electrons. The van der Waals surface area contributed by atoms with E-state index in [4.69, 9.17) is 9.31 Å². The molecule has 0 atom stereocenters. The van der Waals surface area contributed by atoms with Crippen LogP contribution in [-0.4, -0.2) is 18.3 Å². The van der Waals surface area contributed by atoms with Crippen molar-refractivity contribution in [1.29, 1.82) is 0 Å². The molecule has 3 nitrogen and oxygen atoms in total. The lowest BCUT2D eigenvalue weighted by atomic mass is 9.79. The minimum atomic E-state index is -0.388. The molecule has 1 fully saturated rings. The molecular formula is C36H32BNO2S. The molecular weight excluding hydrogens is 521 g/mol. The van der Waals surface area contributed by atoms with Gasteiger partial charge in [0.2, 0.25) is 0 Å². The first-order chi connectivity index (χ1) is 19.8. The lowest BCUT2D eigenvalue weighted by molar-refractivity contribution is 0.00578. The smallest absolute Gasteiger partial charge is 0.399 e. The minimum absolute atomic E-state index is 0.373. The molecule has 0 saturated carbocycles. The molecule has 7 rings (SSSR count). The van der Waals surface area contributed by atoms with Crippen molar-refractivity contribution < 1.29 is 9.31 Å². The number of benzene rings is 5. The largest absolute Gasteiger partial charge is 0.494 e. The maximum absolute atomic E-state index is 6.32. The topological polar surface area (TPSA) is 21.7 Å². The van der Waals surface area contributed by atoms with Crippen molar-refractivity contribution in [3.63, 3.8) is 0 Å². The van der Waals surface area contributed by atoms with Crippen molar-refractivity contribution in [1.82, 2.24) is 0 Å². The molecule has 0 aliphatic carbocycles. The van der Waals surface area contributed by atoms with Crippen LogP contribution in [0.15, 0.2) is 121 Å². The monoisotopic (exact) mass is 553 g/mol. The zero-order chi connectivity index (χ0) is 28.2. The van der Waals surface area contributed by atoms with Crippen LogP contribution < -0.4 is 10.4 Å². The highest BCUT2D eigenvalue weighted by molar-refractivity contribution is 7.25. The van der Waals surface area contributed by atoms with Gasteiger partial charge in [-0.3, -0.25) is 0 Å². The van der Waals surface area contributed by atoms with E-state index in [-0.39, 0.29) is 18.3 Å². The predicted molar refractivity (Wildman–Crippen MR) is 175 cm³/mol. The molecule has 0 spiro atoms. The summed E-state index contributed by atoms with van der Waals surface area (Å²) in [7, 11) is -0.388. The van der Waals surface area contributed by atoms with E-state index < -0.39 is 0 Å². The Kier molecular flexibility index (Phi) is 6.27. The lowest BCUT2D eigenvalue weighted by Crippen LogP contribution is -2.41. The Bertz CT molecular complexity index is 1830. The summed E-state index contributed by atoms with van der Waals surface area (Å²) in [5.41, 5.74) is 5.99. The fourth-order valence-corrected chi connectivity index (χ4v) is 6.58. The second-order valence-electron chi connectivity index (χ2n) is 11.7. The van der Waals surface area contributed by atoms with E-state index in [1.807, 2.05) is 11.3 Å². The summed E-state index contributed by atoms with van der Waals surface area (Å²) < 4.78 is 15.2. The van der Waals surface area contributed by atoms with Crippen LogP contribution in [0.3, 0.4) is 0 Å². The van der Waals surface area contributed by atoms with Gasteiger partial charge >= 0.3 is 7.12 Å². The predicted octanol–water partition coefficient (Wildman–Crippen LogP) is 9.49. The fourth-order valence-electron chi connectivity index (χ4n) is 5.49. The fraction of sp³-hybridized carbons (Fsp3) is 0.167. The maximum atomic E-state index is 6.32. The minimum Gasteiger partial charge on any atom is -0.399 e. The molecule has 0 radical (unpaired) electrons. The number of nitrogens with zero attached hydrogens (tertiary/aromatic N) is 1. The molecule has 2 heterocycles. The van der Waals surface area contributed by atoms with Crippen LogP contribution >= 0.6 is 11.3 Å². The molecule has 5 heteroatoms. The normalized spacial score (nSPS) is 16.0. The third-order valence-corrected chi connectivity index (χ3v) is 9.68. The number of hydrogen-bond donors (Lipinski definition) is 0. The molecule has 6 aromatic rings. The number of thiophene rings is 1. The van der Waals surface area contributed by atoms with E-state index in [1.54, 1.807) is 0 Å². The van der Waals surface area contributed by atoms with Gasteiger partial charge in [0.25, 0.3) is 0 Å². The van der Waals surface area contributed by atoms with Crippen LogP contribution in [0.25, 0.3) is 31.3 Å². The first-order valence-electron chi connectivity index (χ1n) is 14.1. The van der Waals surface area contributed by atoms with Gasteiger partial charge in [0, 0.05) is 37.2 Å². The average Bonchev–Trinajstić information content (AvgIpc) is 3.46. The van der Waals surface area contributed by atoms with Crippen LogP contribution in [-0.2, 0) is 9.31 Å². The number of rotatable bonds is 5. The maximum Gasteiger partial charge on any atom is 0.494 e. The van der Waals surface area contributed by atoms with Gasteiger partial charge in [-0.25, -0.2) is 0 Å². The van der Waals surface area contributed by atoms with E-state index in [0.717, 1.165) is 22.5 Å². The Morgan fingerprint density at radius 2 is 1.07 bits per heavy atom. The Balaban J connectivity index is 1.30. The molecule has 0 amide bonds. The molecule has 1 saturated heterocycles. The van der Waals surface area contributed by atoms with Crippen LogP contribution in [0.2, 0.25) is 0 Å². The van der Waals surface area contributed by atoms with Crippen LogP contribution in [0, 0.1) is 0 Å². The summed E-state index contributed by atoms with van der Waals surface area (Å²) >= 11 is 1.84. The van der Waals surface area contributed by atoms with E-state index in [2.05, 4.69) is 154 Å². The van der Waals surface area contributed by atoms with Crippen molar-refractivity contribution in [2.24, 2.45) is 0 Å². The average molecular weight is 554 g/mol. The van der Waals surface area contributed by atoms with Gasteiger partial charge in [0.1, 0.15) is 0 Å². The second kappa shape index (κ2) is 9.88. The molecule has 0 bridgehead atoms. The number of anilines is 3. The van der Waals surface area contributed by atoms with Gasteiger partial charge in [0.15, 0.2) is 0 Å². The van der Waals surface area contributed by atoms with E-state index in [9.17, 15) is 0 Å². The Hall–Kier alpha value is -3.90. The molecule has 1 aliphatic rings. The van der Waals surface area contributed by atoms with Crippen LogP contribution in [0.5, 0.6) is 0 Å². The van der Waals surface area contributed by atoms with E-state index >= 15 is 0 Å². The molecule has 41 heavy (non-hydrogen) atoms. The molecule has 1 aromatic heterocycles. The van der Waals surface area contributed by atoms with E-state index in [1.165, 1.54) is 31.3 Å². The van der Waals surface area contributed by atoms with Crippen LogP contribution in [0.1, 0.15) is 27.7 Å². The van der Waals surface area contributed by atoms with Gasteiger partial charge in [0.05, 0.1) is 11.2 Å². The zero-order valence-corrected chi connectivity index (χ0v) is 24.6. The van der Waals surface area contributed by atoms with Gasteiger partial charge in [-0.15, -0.1) is 11.3 Å². The Morgan fingerprint density at radius 1 is 0.537 bits per heavy atom. The SMILES string of the molecule is CC1(C)OB(c2ccc(N(c3ccc(-c4ccccc4)cc3)c3ccc4sc5ccccc5c4c3)cc2)OC1(C)C. The second-order valence-corrected chi connectivity index (χ2v) is 12.8. The first kappa shape index (κ1) is 26.0. The first-order valence-corrected chi connectivity index (χ1v) is 14.9. The number of hydrogen-bond acceptors (Lipinski definition) is 4. The Labute approximate surface area is 246 Å². The lowest BCUT2D eigenvalue weighted by Gasteiger charge is -2.32. The van der Waals surface area contributed by atoms with Gasteiger partial charge in [-0.05, 0) is 92.8 Å². The highest BCUT2D eigenvalue weighted by Crippen LogP contribution is 2.41. The van der Waals surface area contributed by atoms with Gasteiger partial charge < -0.3 is 14.2 Å². The zero-order valence-electron chi connectivity index (χ0n) is 23.8. The van der Waals surface area contributed by atoms with Crippen molar-refractivity contribution in [2.75, 3.05) is 4.90 Å². The highest BCUT2D eigenvalue weighted by Gasteiger charge is 2.51. The summed E-state index contributed by atoms with van der Waals surface area (Å²) in [5.74, 6) is 0. The summed E-state index contributed by atoms with van der Waals surface area (Å²) in [5, 5.41) is 2.58. The highest BCUT2D eigenvalue weighted by atomic mass is 32.1. The van der Waals surface area contributed by atoms with Crippen molar-refractivity contribution in [2.45, 2.75) is 38.9 Å². The molecule has 0 unspecified atom stereocenters. The van der Waals surface area contributed by atoms with Crippen molar-refractivity contribution >= 4 is 61.2 Å². The molecule has 5 aromatic carbocycles. The standard InChI is InChI=1S/C36H32BNO2S/c1-35(2)36(3,4)40-37(39-35)27-16-20-29(21-17-27)38(28-18-14-26(15-19-28)25-10-6-5-7-11-25)30-22-23-34-32(24-30)31-12-8-9-13-33(31)41-34/h5-24H,1-4H3. The van der Waals surface area contributed by atoms with Gasteiger partial charge in [-0.2, -0.15) is 0 Å². The summed E-state index contributed by atoms with van der Waals surface area (Å²) in [4.78, 5) is 2.33. The quantitative estimate of drug-likeness (QED) is 0.199. The third kappa shape index (κ3) is 4.64. The Morgan fingerprint density at radius 3 is 1.76 bits per heavy atom. The number of fused-ring (bicyclic) bond motifs is 3. The van der Waals surface area contributed by atoms with Crippen molar-refractivity contribution in [3.8, 4) is 11.1 Å². The third-order valence-electron chi connectivity index (χ3n) is 8.53.